The fourth-order valence-electron chi connectivity index (χ4n) is 2.20. The van der Waals surface area contributed by atoms with Crippen molar-refractivity contribution in [2.45, 2.75) is 13.5 Å². The number of hydrogen-bond acceptors (Lipinski definition) is 3. The predicted octanol–water partition coefficient (Wildman–Crippen LogP) is 2.20. The average molecular weight is 268 g/mol. The van der Waals surface area contributed by atoms with Crippen LogP contribution in [0.4, 0.5) is 5.69 Å². The Hall–Kier alpha value is -0.770. The number of rotatable bonds is 4. The molecule has 0 spiro atoms. The summed E-state index contributed by atoms with van der Waals surface area (Å²) < 4.78 is 0. The number of benzene rings is 1. The molecule has 0 aromatic heterocycles. The largest absolute Gasteiger partial charge is 0.369 e. The second kappa shape index (κ2) is 6.41. The van der Waals surface area contributed by atoms with Gasteiger partial charge in [0.15, 0.2) is 0 Å². The number of nitrogens with one attached hydrogen (secondary N) is 1. The molecule has 1 heterocycles. The summed E-state index contributed by atoms with van der Waals surface area (Å²) in [5, 5.41) is 4.17. The summed E-state index contributed by atoms with van der Waals surface area (Å²) in [5.41, 5.74) is 2.42. The molecular formula is C14H22ClN3. The molecule has 3 nitrogen and oxygen atoms in total. The minimum Gasteiger partial charge on any atom is -0.369 e. The average Bonchev–Trinajstić information content (AvgIpc) is 2.38. The first-order valence-electron chi connectivity index (χ1n) is 6.63. The van der Waals surface area contributed by atoms with Crippen LogP contribution in [0, 0.1) is 0 Å². The van der Waals surface area contributed by atoms with Crippen LogP contribution in [-0.2, 0) is 6.54 Å². The number of piperazine rings is 1. The van der Waals surface area contributed by atoms with Gasteiger partial charge >= 0.3 is 0 Å². The Morgan fingerprint density at radius 2 is 1.94 bits per heavy atom. The van der Waals surface area contributed by atoms with Crippen molar-refractivity contribution in [1.29, 1.82) is 0 Å². The van der Waals surface area contributed by atoms with Gasteiger partial charge in [-0.3, -0.25) is 0 Å². The zero-order valence-electron chi connectivity index (χ0n) is 11.2. The van der Waals surface area contributed by atoms with Crippen LogP contribution in [0.15, 0.2) is 18.2 Å². The molecule has 100 valence electrons. The lowest BCUT2D eigenvalue weighted by atomic mass is 10.1. The molecule has 1 fully saturated rings. The van der Waals surface area contributed by atoms with Crippen molar-refractivity contribution >= 4 is 17.3 Å². The molecule has 0 aliphatic carbocycles. The molecule has 1 N–H and O–H groups in total. The lowest BCUT2D eigenvalue weighted by molar-refractivity contribution is 0.313. The first kappa shape index (κ1) is 13.7. The smallest absolute Gasteiger partial charge is 0.0471 e. The molecule has 0 bridgehead atoms. The van der Waals surface area contributed by atoms with Gasteiger partial charge < -0.3 is 15.1 Å². The van der Waals surface area contributed by atoms with Crippen molar-refractivity contribution in [3.05, 3.63) is 28.8 Å². The van der Waals surface area contributed by atoms with E-state index in [1.54, 1.807) is 0 Å². The molecule has 4 heteroatoms. The van der Waals surface area contributed by atoms with Crippen LogP contribution in [0.1, 0.15) is 12.5 Å². The van der Waals surface area contributed by atoms with Gasteiger partial charge in [-0.25, -0.2) is 0 Å². The van der Waals surface area contributed by atoms with Crippen molar-refractivity contribution in [2.75, 3.05) is 44.7 Å². The highest BCUT2D eigenvalue weighted by Gasteiger charge is 2.14. The van der Waals surface area contributed by atoms with Crippen molar-refractivity contribution in [2.24, 2.45) is 0 Å². The van der Waals surface area contributed by atoms with Gasteiger partial charge in [-0.15, -0.1) is 0 Å². The maximum Gasteiger partial charge on any atom is 0.0471 e. The fourth-order valence-corrected chi connectivity index (χ4v) is 2.44. The van der Waals surface area contributed by atoms with Crippen LogP contribution >= 0.6 is 11.6 Å². The summed E-state index contributed by atoms with van der Waals surface area (Å²) in [6.45, 7) is 8.33. The molecule has 1 aliphatic heterocycles. The first-order valence-corrected chi connectivity index (χ1v) is 7.01. The predicted molar refractivity (Wildman–Crippen MR) is 78.5 cm³/mol. The summed E-state index contributed by atoms with van der Waals surface area (Å²) in [7, 11) is 2.17. The van der Waals surface area contributed by atoms with Gasteiger partial charge in [0.05, 0.1) is 0 Å². The third-order valence-electron chi connectivity index (χ3n) is 3.47. The van der Waals surface area contributed by atoms with Crippen LogP contribution in [0.3, 0.4) is 0 Å². The van der Waals surface area contributed by atoms with E-state index in [9.17, 15) is 0 Å². The molecule has 1 saturated heterocycles. The molecule has 1 aliphatic rings. The van der Waals surface area contributed by atoms with E-state index in [1.165, 1.54) is 11.3 Å². The number of halogens is 1. The molecule has 0 unspecified atom stereocenters. The zero-order valence-corrected chi connectivity index (χ0v) is 12.0. The number of hydrogen-bond donors (Lipinski definition) is 1. The zero-order chi connectivity index (χ0) is 13.0. The van der Waals surface area contributed by atoms with E-state index in [-0.39, 0.29) is 0 Å². The monoisotopic (exact) mass is 267 g/mol. The summed E-state index contributed by atoms with van der Waals surface area (Å²) in [6.07, 6.45) is 0. The quantitative estimate of drug-likeness (QED) is 0.902. The van der Waals surface area contributed by atoms with Crippen LogP contribution < -0.4 is 10.2 Å². The third-order valence-corrected chi connectivity index (χ3v) is 3.82. The van der Waals surface area contributed by atoms with Gasteiger partial charge in [0, 0.05) is 43.4 Å². The van der Waals surface area contributed by atoms with Crippen molar-refractivity contribution in [1.82, 2.24) is 10.2 Å². The van der Waals surface area contributed by atoms with Crippen LogP contribution in [0.25, 0.3) is 0 Å². The van der Waals surface area contributed by atoms with Gasteiger partial charge in [0.2, 0.25) is 0 Å². The van der Waals surface area contributed by atoms with Gasteiger partial charge in [0.25, 0.3) is 0 Å². The molecule has 0 amide bonds. The minimum atomic E-state index is 0.846. The lowest BCUT2D eigenvalue weighted by Crippen LogP contribution is -2.44. The third kappa shape index (κ3) is 3.37. The Morgan fingerprint density at radius 3 is 2.56 bits per heavy atom. The second-order valence-corrected chi connectivity index (χ2v) is 5.25. The molecule has 18 heavy (non-hydrogen) atoms. The van der Waals surface area contributed by atoms with E-state index in [4.69, 9.17) is 11.6 Å². The van der Waals surface area contributed by atoms with Crippen molar-refractivity contribution in [3.63, 3.8) is 0 Å². The minimum absolute atomic E-state index is 0.846. The van der Waals surface area contributed by atoms with E-state index in [0.29, 0.717) is 0 Å². The highest BCUT2D eigenvalue weighted by molar-refractivity contribution is 6.31. The Morgan fingerprint density at radius 1 is 1.22 bits per heavy atom. The summed E-state index contributed by atoms with van der Waals surface area (Å²) in [4.78, 5) is 4.76. The molecule has 0 atom stereocenters. The number of anilines is 1. The SMILES string of the molecule is CCNCc1ccc(N2CCN(C)CC2)cc1Cl. The number of likely N-dealkylation sites (N-methyl/N-ethyl adjacent to an activating group) is 1. The maximum atomic E-state index is 6.34. The van der Waals surface area contributed by atoms with Crippen LogP contribution in [0.2, 0.25) is 5.02 Å². The summed E-state index contributed by atoms with van der Waals surface area (Å²) in [6, 6.07) is 6.42. The lowest BCUT2D eigenvalue weighted by Gasteiger charge is -2.34. The van der Waals surface area contributed by atoms with Gasteiger partial charge in [0.1, 0.15) is 0 Å². The van der Waals surface area contributed by atoms with Gasteiger partial charge in [-0.1, -0.05) is 24.6 Å². The van der Waals surface area contributed by atoms with Gasteiger partial charge in [-0.2, -0.15) is 0 Å². The Kier molecular flexibility index (Phi) is 4.87. The van der Waals surface area contributed by atoms with E-state index < -0.39 is 0 Å². The van der Waals surface area contributed by atoms with E-state index in [0.717, 1.165) is 44.3 Å². The second-order valence-electron chi connectivity index (χ2n) is 4.85. The molecule has 0 saturated carbocycles. The van der Waals surface area contributed by atoms with E-state index >= 15 is 0 Å². The highest BCUT2D eigenvalue weighted by atomic mass is 35.5. The Labute approximate surface area is 115 Å². The molecule has 0 radical (unpaired) electrons. The first-order chi connectivity index (χ1) is 8.70. The van der Waals surface area contributed by atoms with E-state index in [2.05, 4.69) is 47.3 Å². The maximum absolute atomic E-state index is 6.34. The molecule has 1 aromatic carbocycles. The molecule has 1 aromatic rings. The number of nitrogens with zero attached hydrogens (tertiary/aromatic N) is 2. The van der Waals surface area contributed by atoms with Gasteiger partial charge in [-0.05, 0) is 31.3 Å². The van der Waals surface area contributed by atoms with Crippen molar-refractivity contribution in [3.8, 4) is 0 Å². The molecule has 2 rings (SSSR count). The normalized spacial score (nSPS) is 17.2. The summed E-state index contributed by atoms with van der Waals surface area (Å²) in [5.74, 6) is 0. The fraction of sp³-hybridized carbons (Fsp3) is 0.571. The van der Waals surface area contributed by atoms with Crippen LogP contribution in [-0.4, -0.2) is 44.7 Å². The Balaban J connectivity index is 2.04. The van der Waals surface area contributed by atoms with E-state index in [1.807, 2.05) is 0 Å². The van der Waals surface area contributed by atoms with Crippen molar-refractivity contribution < 1.29 is 0 Å². The topological polar surface area (TPSA) is 18.5 Å². The molecular weight excluding hydrogens is 246 g/mol. The summed E-state index contributed by atoms with van der Waals surface area (Å²) >= 11 is 6.34. The Bertz CT molecular complexity index is 387. The standard InChI is InChI=1S/C14H22ClN3/c1-3-16-11-12-4-5-13(10-14(12)15)18-8-6-17(2)7-9-18/h4-5,10,16H,3,6-9,11H2,1-2H3. The van der Waals surface area contributed by atoms with Crippen LogP contribution in [0.5, 0.6) is 0 Å². The highest BCUT2D eigenvalue weighted by Crippen LogP contribution is 2.24.